The Hall–Kier alpha value is -1.30. The molecule has 2 rings (SSSR count). The van der Waals surface area contributed by atoms with Gasteiger partial charge in [0, 0.05) is 59.0 Å². The zero-order valence-corrected chi connectivity index (χ0v) is 10.9. The minimum absolute atomic E-state index is 0.0389. The number of nitrogens with zero attached hydrogens (tertiary/aromatic N) is 2. The molecule has 2 heterocycles. The summed E-state index contributed by atoms with van der Waals surface area (Å²) in [5.74, 6) is 0.0990. The highest BCUT2D eigenvalue weighted by Crippen LogP contribution is 2.15. The Kier molecular flexibility index (Phi) is 4.41. The third-order valence-electron chi connectivity index (χ3n) is 3.53. The zero-order chi connectivity index (χ0) is 13.0. The number of piperidine rings is 1. The maximum absolute atomic E-state index is 11.9. The van der Waals surface area contributed by atoms with Crippen molar-refractivity contribution in [2.75, 3.05) is 39.3 Å². The normalized spacial score (nSPS) is 21.8. The fourth-order valence-corrected chi connectivity index (χ4v) is 2.35. The Morgan fingerprint density at radius 3 is 2.22 bits per heavy atom. The predicted octanol–water partition coefficient (Wildman–Crippen LogP) is 0.0391. The first-order chi connectivity index (χ1) is 8.66. The molecular formula is C12H21N3O3. The minimum atomic E-state index is -0.210. The number of amides is 2. The Bertz CT molecular complexity index is 308. The van der Waals surface area contributed by atoms with E-state index in [0.29, 0.717) is 26.2 Å². The highest BCUT2D eigenvalue weighted by Gasteiger charge is 2.26. The zero-order valence-electron chi connectivity index (χ0n) is 10.9. The molecule has 1 N–H and O–H groups in total. The van der Waals surface area contributed by atoms with Gasteiger partial charge in [0.25, 0.3) is 0 Å². The number of rotatable bonds is 1. The van der Waals surface area contributed by atoms with Crippen molar-refractivity contribution in [1.82, 2.24) is 15.1 Å². The third kappa shape index (κ3) is 3.35. The van der Waals surface area contributed by atoms with Crippen molar-refractivity contribution >= 4 is 12.0 Å². The molecule has 2 aliphatic rings. The number of hydrogen-bond donors (Lipinski definition) is 1. The van der Waals surface area contributed by atoms with Gasteiger partial charge in [0.1, 0.15) is 6.10 Å². The van der Waals surface area contributed by atoms with Gasteiger partial charge in [-0.3, -0.25) is 4.79 Å². The quantitative estimate of drug-likeness (QED) is 0.718. The summed E-state index contributed by atoms with van der Waals surface area (Å²) in [6.07, 6.45) is 1.25. The van der Waals surface area contributed by atoms with Crippen LogP contribution < -0.4 is 5.32 Å². The van der Waals surface area contributed by atoms with Gasteiger partial charge in [-0.05, 0) is 0 Å². The van der Waals surface area contributed by atoms with E-state index in [1.807, 2.05) is 0 Å². The molecule has 18 heavy (non-hydrogen) atoms. The van der Waals surface area contributed by atoms with E-state index >= 15 is 0 Å². The summed E-state index contributed by atoms with van der Waals surface area (Å²) in [6, 6.07) is 0. The van der Waals surface area contributed by atoms with Crippen LogP contribution in [0.3, 0.4) is 0 Å². The molecule has 0 aromatic rings. The lowest BCUT2D eigenvalue weighted by molar-refractivity contribution is -0.130. The van der Waals surface area contributed by atoms with E-state index < -0.39 is 0 Å². The van der Waals surface area contributed by atoms with E-state index in [0.717, 1.165) is 25.9 Å². The summed E-state index contributed by atoms with van der Waals surface area (Å²) in [7, 11) is 0. The van der Waals surface area contributed by atoms with Gasteiger partial charge in [-0.2, -0.15) is 0 Å². The summed E-state index contributed by atoms with van der Waals surface area (Å²) in [5.41, 5.74) is 0. The molecule has 2 amide bonds. The highest BCUT2D eigenvalue weighted by atomic mass is 16.6. The number of carbonyl (C=O) groups excluding carboxylic acids is 2. The van der Waals surface area contributed by atoms with Crippen LogP contribution in [0.25, 0.3) is 0 Å². The van der Waals surface area contributed by atoms with Crippen molar-refractivity contribution in [3.05, 3.63) is 0 Å². The van der Waals surface area contributed by atoms with Gasteiger partial charge < -0.3 is 19.9 Å². The van der Waals surface area contributed by atoms with Gasteiger partial charge in [-0.25, -0.2) is 4.79 Å². The van der Waals surface area contributed by atoms with Gasteiger partial charge >= 0.3 is 6.09 Å². The highest BCUT2D eigenvalue weighted by molar-refractivity contribution is 5.73. The fourth-order valence-electron chi connectivity index (χ4n) is 2.35. The number of piperazine rings is 1. The Morgan fingerprint density at radius 1 is 1.06 bits per heavy atom. The monoisotopic (exact) mass is 255 g/mol. The maximum atomic E-state index is 11.9. The molecule has 102 valence electrons. The van der Waals surface area contributed by atoms with Crippen molar-refractivity contribution in [3.63, 3.8) is 0 Å². The first kappa shape index (κ1) is 13.1. The molecule has 6 nitrogen and oxygen atoms in total. The van der Waals surface area contributed by atoms with Gasteiger partial charge in [0.2, 0.25) is 5.91 Å². The summed E-state index contributed by atoms with van der Waals surface area (Å²) < 4.78 is 5.48. The predicted molar refractivity (Wildman–Crippen MR) is 66.2 cm³/mol. The molecule has 0 aromatic carbocycles. The van der Waals surface area contributed by atoms with Crippen molar-refractivity contribution in [2.24, 2.45) is 0 Å². The van der Waals surface area contributed by atoms with Crippen LogP contribution in [-0.4, -0.2) is 67.2 Å². The van der Waals surface area contributed by atoms with Gasteiger partial charge in [-0.15, -0.1) is 0 Å². The lowest BCUT2D eigenvalue weighted by Crippen LogP contribution is -2.48. The van der Waals surface area contributed by atoms with E-state index in [2.05, 4.69) is 5.32 Å². The van der Waals surface area contributed by atoms with Crippen LogP contribution in [0.4, 0.5) is 4.79 Å². The van der Waals surface area contributed by atoms with E-state index in [4.69, 9.17) is 4.74 Å². The van der Waals surface area contributed by atoms with Crippen LogP contribution in [-0.2, 0) is 9.53 Å². The van der Waals surface area contributed by atoms with Crippen molar-refractivity contribution in [1.29, 1.82) is 0 Å². The second kappa shape index (κ2) is 6.04. The van der Waals surface area contributed by atoms with Crippen molar-refractivity contribution in [3.8, 4) is 0 Å². The van der Waals surface area contributed by atoms with Crippen LogP contribution in [0.1, 0.15) is 19.8 Å². The average molecular weight is 255 g/mol. The van der Waals surface area contributed by atoms with Gasteiger partial charge in [-0.1, -0.05) is 0 Å². The van der Waals surface area contributed by atoms with E-state index in [1.165, 1.54) is 0 Å². The Balaban J connectivity index is 1.73. The van der Waals surface area contributed by atoms with Gasteiger partial charge in [0.15, 0.2) is 0 Å². The van der Waals surface area contributed by atoms with E-state index in [1.54, 1.807) is 16.7 Å². The smallest absolute Gasteiger partial charge is 0.410 e. The first-order valence-corrected chi connectivity index (χ1v) is 6.58. The molecule has 0 radical (unpaired) electrons. The minimum Gasteiger partial charge on any atom is -0.446 e. The average Bonchev–Trinajstić information content (AvgIpc) is 2.40. The lowest BCUT2D eigenvalue weighted by Gasteiger charge is -2.33. The molecule has 2 fully saturated rings. The number of hydrogen-bond acceptors (Lipinski definition) is 4. The van der Waals surface area contributed by atoms with Crippen LogP contribution >= 0.6 is 0 Å². The number of nitrogens with one attached hydrogen (secondary N) is 1. The molecule has 0 unspecified atom stereocenters. The molecule has 0 spiro atoms. The summed E-state index contributed by atoms with van der Waals surface area (Å²) in [4.78, 5) is 26.6. The fraction of sp³-hybridized carbons (Fsp3) is 0.833. The summed E-state index contributed by atoms with van der Waals surface area (Å²) in [6.45, 7) is 6.04. The van der Waals surface area contributed by atoms with Gasteiger partial charge in [0.05, 0.1) is 0 Å². The maximum Gasteiger partial charge on any atom is 0.410 e. The van der Waals surface area contributed by atoms with Crippen LogP contribution in [0.15, 0.2) is 0 Å². The first-order valence-electron chi connectivity index (χ1n) is 6.58. The molecule has 0 atom stereocenters. The Morgan fingerprint density at radius 2 is 1.67 bits per heavy atom. The molecule has 0 saturated carbocycles. The largest absolute Gasteiger partial charge is 0.446 e. The molecule has 0 aliphatic carbocycles. The summed E-state index contributed by atoms with van der Waals surface area (Å²) in [5, 5.41) is 3.20. The van der Waals surface area contributed by atoms with E-state index in [9.17, 15) is 9.59 Å². The van der Waals surface area contributed by atoms with E-state index in [-0.39, 0.29) is 18.1 Å². The second-order valence-corrected chi connectivity index (χ2v) is 4.83. The van der Waals surface area contributed by atoms with Crippen molar-refractivity contribution < 1.29 is 14.3 Å². The molecule has 6 heteroatoms. The molecule has 0 bridgehead atoms. The molecule has 2 saturated heterocycles. The van der Waals surface area contributed by atoms with Crippen LogP contribution in [0.5, 0.6) is 0 Å². The molecule has 0 aromatic heterocycles. The molecular weight excluding hydrogens is 234 g/mol. The number of ether oxygens (including phenoxy) is 1. The number of carbonyl (C=O) groups is 2. The second-order valence-electron chi connectivity index (χ2n) is 4.83. The Labute approximate surface area is 107 Å². The standard InChI is InChI=1S/C12H21N3O3/c1-10(16)14-6-2-11(3-7-14)18-12(17)15-8-4-13-5-9-15/h11,13H,2-9H2,1H3. The topological polar surface area (TPSA) is 61.9 Å². The number of likely N-dealkylation sites (tertiary alicyclic amines) is 1. The van der Waals surface area contributed by atoms with Crippen LogP contribution in [0.2, 0.25) is 0 Å². The SMILES string of the molecule is CC(=O)N1CCC(OC(=O)N2CCNCC2)CC1. The van der Waals surface area contributed by atoms with Crippen LogP contribution in [0, 0.1) is 0 Å². The summed E-state index contributed by atoms with van der Waals surface area (Å²) >= 11 is 0. The third-order valence-corrected chi connectivity index (χ3v) is 3.53. The van der Waals surface area contributed by atoms with Crippen molar-refractivity contribution in [2.45, 2.75) is 25.9 Å². The molecule has 2 aliphatic heterocycles. The lowest BCUT2D eigenvalue weighted by atomic mass is 10.1.